The number of rotatable bonds is 11. The van der Waals surface area contributed by atoms with Crippen LogP contribution in [0.1, 0.15) is 30.0 Å². The van der Waals surface area contributed by atoms with E-state index in [0.717, 1.165) is 34.6 Å². The molecule has 2 N–H and O–H groups in total. The third-order valence-electron chi connectivity index (χ3n) is 4.79. The second kappa shape index (κ2) is 11.2. The molecular weight excluding hydrogens is 362 g/mol. The van der Waals surface area contributed by atoms with Crippen LogP contribution in [0.15, 0.2) is 78.9 Å². The van der Waals surface area contributed by atoms with E-state index in [1.54, 1.807) is 0 Å². The number of benzene rings is 3. The Morgan fingerprint density at radius 2 is 1.34 bits per heavy atom. The summed E-state index contributed by atoms with van der Waals surface area (Å²) in [5.74, 6) is 1.45. The van der Waals surface area contributed by atoms with Crippen molar-refractivity contribution in [1.29, 1.82) is 0 Å². The normalized spacial score (nSPS) is 11.8. The Morgan fingerprint density at radius 3 is 1.90 bits per heavy atom. The topological polar surface area (TPSA) is 50.7 Å². The van der Waals surface area contributed by atoms with Gasteiger partial charge in [0.15, 0.2) is 11.5 Å². The van der Waals surface area contributed by atoms with Gasteiger partial charge in [0, 0.05) is 12.6 Å². The summed E-state index contributed by atoms with van der Waals surface area (Å²) in [6.45, 7) is 3.82. The van der Waals surface area contributed by atoms with Crippen molar-refractivity contribution >= 4 is 0 Å². The predicted octanol–water partition coefficient (Wildman–Crippen LogP) is 4.71. The van der Waals surface area contributed by atoms with Gasteiger partial charge in [0.25, 0.3) is 0 Å². The highest BCUT2D eigenvalue weighted by molar-refractivity contribution is 5.43. The van der Waals surface area contributed by atoms with Crippen molar-refractivity contribution in [2.75, 3.05) is 6.61 Å². The molecule has 0 fully saturated rings. The molecule has 0 aliphatic rings. The first-order chi connectivity index (χ1) is 14.3. The summed E-state index contributed by atoms with van der Waals surface area (Å²) in [4.78, 5) is 0. The first-order valence-electron chi connectivity index (χ1n) is 10.1. The molecular formula is C25H29NO3. The number of hydrogen-bond donors (Lipinski definition) is 2. The average molecular weight is 392 g/mol. The van der Waals surface area contributed by atoms with E-state index in [2.05, 4.69) is 12.2 Å². The number of aliphatic hydroxyl groups is 1. The highest BCUT2D eigenvalue weighted by atomic mass is 16.5. The van der Waals surface area contributed by atoms with E-state index in [-0.39, 0.29) is 12.6 Å². The van der Waals surface area contributed by atoms with Crippen molar-refractivity contribution in [3.63, 3.8) is 0 Å². The van der Waals surface area contributed by atoms with Crippen LogP contribution in [0, 0.1) is 0 Å². The van der Waals surface area contributed by atoms with E-state index in [1.807, 2.05) is 78.9 Å². The van der Waals surface area contributed by atoms with E-state index in [4.69, 9.17) is 9.47 Å². The molecule has 3 aromatic rings. The zero-order valence-corrected chi connectivity index (χ0v) is 16.9. The quantitative estimate of drug-likeness (QED) is 0.497. The largest absolute Gasteiger partial charge is 0.485 e. The second-order valence-electron chi connectivity index (χ2n) is 7.00. The molecule has 0 aromatic heterocycles. The lowest BCUT2D eigenvalue weighted by Crippen LogP contribution is -2.31. The summed E-state index contributed by atoms with van der Waals surface area (Å²) < 4.78 is 12.2. The van der Waals surface area contributed by atoms with E-state index in [0.29, 0.717) is 19.8 Å². The number of nitrogens with one attached hydrogen (secondary N) is 1. The summed E-state index contributed by atoms with van der Waals surface area (Å²) in [7, 11) is 0. The minimum atomic E-state index is 0.0951. The second-order valence-corrected chi connectivity index (χ2v) is 7.00. The third-order valence-corrected chi connectivity index (χ3v) is 4.79. The van der Waals surface area contributed by atoms with Gasteiger partial charge in [-0.15, -0.1) is 0 Å². The summed E-state index contributed by atoms with van der Waals surface area (Å²) in [6, 6.07) is 26.3. The van der Waals surface area contributed by atoms with Gasteiger partial charge in [-0.1, -0.05) is 73.7 Å². The Labute approximate surface area is 173 Å². The number of aliphatic hydroxyl groups excluding tert-OH is 1. The Kier molecular flexibility index (Phi) is 8.11. The molecule has 0 amide bonds. The van der Waals surface area contributed by atoms with Gasteiger partial charge in [0.05, 0.1) is 6.61 Å². The van der Waals surface area contributed by atoms with Gasteiger partial charge in [0.2, 0.25) is 0 Å². The molecule has 4 heteroatoms. The zero-order chi connectivity index (χ0) is 20.3. The molecule has 152 valence electrons. The van der Waals surface area contributed by atoms with E-state index >= 15 is 0 Å². The summed E-state index contributed by atoms with van der Waals surface area (Å²) in [6.07, 6.45) is 0.881. The van der Waals surface area contributed by atoms with E-state index < -0.39 is 0 Å². The van der Waals surface area contributed by atoms with Crippen LogP contribution in [-0.2, 0) is 19.8 Å². The van der Waals surface area contributed by atoms with Crippen molar-refractivity contribution in [1.82, 2.24) is 5.32 Å². The van der Waals surface area contributed by atoms with Crippen LogP contribution in [0.3, 0.4) is 0 Å². The van der Waals surface area contributed by atoms with Crippen molar-refractivity contribution in [3.8, 4) is 11.5 Å². The summed E-state index contributed by atoms with van der Waals surface area (Å²) >= 11 is 0. The monoisotopic (exact) mass is 391 g/mol. The molecule has 0 heterocycles. The Bertz CT molecular complexity index is 848. The smallest absolute Gasteiger partial charge is 0.162 e. The van der Waals surface area contributed by atoms with Gasteiger partial charge in [-0.3, -0.25) is 0 Å². The predicted molar refractivity (Wildman–Crippen MR) is 116 cm³/mol. The number of hydrogen-bond acceptors (Lipinski definition) is 4. The minimum absolute atomic E-state index is 0.0951. The third kappa shape index (κ3) is 6.63. The highest BCUT2D eigenvalue weighted by Crippen LogP contribution is 2.30. The molecule has 4 nitrogen and oxygen atoms in total. The van der Waals surface area contributed by atoms with E-state index in [9.17, 15) is 5.11 Å². The SMILES string of the molecule is CCC(CO)NCc1ccc(OCc2ccccc2)c(OCc2ccccc2)c1. The molecule has 0 aliphatic carbocycles. The van der Waals surface area contributed by atoms with Crippen molar-refractivity contribution < 1.29 is 14.6 Å². The molecule has 1 unspecified atom stereocenters. The fraction of sp³-hybridized carbons (Fsp3) is 0.280. The van der Waals surface area contributed by atoms with E-state index in [1.165, 1.54) is 0 Å². The zero-order valence-electron chi connectivity index (χ0n) is 16.9. The lowest BCUT2D eigenvalue weighted by Gasteiger charge is -2.17. The van der Waals surface area contributed by atoms with Gasteiger partial charge < -0.3 is 19.9 Å². The van der Waals surface area contributed by atoms with Crippen LogP contribution in [0.4, 0.5) is 0 Å². The first kappa shape index (κ1) is 20.9. The Hall–Kier alpha value is -2.82. The standard InChI is InChI=1S/C25H29NO3/c1-2-23(17-27)26-16-22-13-14-24(28-18-20-9-5-3-6-10-20)25(15-22)29-19-21-11-7-4-8-12-21/h3-15,23,26-27H,2,16-19H2,1H3. The molecule has 3 aromatic carbocycles. The molecule has 3 rings (SSSR count). The van der Waals surface area contributed by atoms with Gasteiger partial charge in [-0.25, -0.2) is 0 Å². The lowest BCUT2D eigenvalue weighted by atomic mass is 10.1. The van der Waals surface area contributed by atoms with Crippen molar-refractivity contribution in [2.24, 2.45) is 0 Å². The first-order valence-corrected chi connectivity index (χ1v) is 10.1. The van der Waals surface area contributed by atoms with Gasteiger partial charge in [-0.2, -0.15) is 0 Å². The van der Waals surface area contributed by atoms with Crippen molar-refractivity contribution in [2.45, 2.75) is 39.1 Å². The Morgan fingerprint density at radius 1 is 0.759 bits per heavy atom. The fourth-order valence-electron chi connectivity index (χ4n) is 2.97. The maximum atomic E-state index is 9.38. The van der Waals surface area contributed by atoms with Crippen LogP contribution in [-0.4, -0.2) is 17.8 Å². The summed E-state index contributed by atoms with van der Waals surface area (Å²) in [5.41, 5.74) is 3.31. The maximum Gasteiger partial charge on any atom is 0.162 e. The van der Waals surface area contributed by atoms with Crippen LogP contribution in [0.25, 0.3) is 0 Å². The molecule has 0 saturated carbocycles. The molecule has 1 atom stereocenters. The van der Waals surface area contributed by atoms with Crippen LogP contribution in [0.5, 0.6) is 11.5 Å². The van der Waals surface area contributed by atoms with Gasteiger partial charge in [0.1, 0.15) is 13.2 Å². The molecule has 0 radical (unpaired) electrons. The van der Waals surface area contributed by atoms with Gasteiger partial charge in [-0.05, 0) is 35.2 Å². The number of ether oxygens (including phenoxy) is 2. The van der Waals surface area contributed by atoms with Crippen LogP contribution >= 0.6 is 0 Å². The molecule has 0 bridgehead atoms. The minimum Gasteiger partial charge on any atom is -0.485 e. The average Bonchev–Trinajstić information content (AvgIpc) is 2.79. The van der Waals surface area contributed by atoms with Crippen LogP contribution < -0.4 is 14.8 Å². The fourth-order valence-corrected chi connectivity index (χ4v) is 2.97. The van der Waals surface area contributed by atoms with Crippen molar-refractivity contribution in [3.05, 3.63) is 95.6 Å². The lowest BCUT2D eigenvalue weighted by molar-refractivity contribution is 0.238. The molecule has 0 aliphatic heterocycles. The maximum absolute atomic E-state index is 9.38. The molecule has 29 heavy (non-hydrogen) atoms. The molecule has 0 spiro atoms. The van der Waals surface area contributed by atoms with Crippen LogP contribution in [0.2, 0.25) is 0 Å². The van der Waals surface area contributed by atoms with Gasteiger partial charge >= 0.3 is 0 Å². The Balaban J connectivity index is 1.72. The molecule has 0 saturated heterocycles. The highest BCUT2D eigenvalue weighted by Gasteiger charge is 2.10. The summed E-state index contributed by atoms with van der Waals surface area (Å²) in [5, 5.41) is 12.8.